The van der Waals surface area contributed by atoms with Crippen molar-refractivity contribution in [1.29, 1.82) is 0 Å². The van der Waals surface area contributed by atoms with Crippen molar-refractivity contribution in [3.8, 4) is 0 Å². The van der Waals surface area contributed by atoms with Crippen molar-refractivity contribution < 1.29 is 14.7 Å². The van der Waals surface area contributed by atoms with Gasteiger partial charge in [-0.1, -0.05) is 25.6 Å². The van der Waals surface area contributed by atoms with Crippen LogP contribution in [0.25, 0.3) is 0 Å². The zero-order valence-corrected chi connectivity index (χ0v) is 14.4. The summed E-state index contributed by atoms with van der Waals surface area (Å²) in [6, 6.07) is 0. The summed E-state index contributed by atoms with van der Waals surface area (Å²) in [6.45, 7) is 7.50. The molecule has 0 saturated heterocycles. The summed E-state index contributed by atoms with van der Waals surface area (Å²) in [6.07, 6.45) is 1.90. The second kappa shape index (κ2) is 9.04. The topological polar surface area (TPSA) is 70.5 Å². The third-order valence-corrected chi connectivity index (χ3v) is 5.13. The van der Waals surface area contributed by atoms with Gasteiger partial charge in [-0.2, -0.15) is 0 Å². The quantitative estimate of drug-likeness (QED) is 0.705. The molecule has 21 heavy (non-hydrogen) atoms. The van der Waals surface area contributed by atoms with Gasteiger partial charge in [0, 0.05) is 18.0 Å². The first-order valence-corrected chi connectivity index (χ1v) is 8.86. The Kier molecular flexibility index (Phi) is 7.74. The average molecular weight is 330 g/mol. The van der Waals surface area contributed by atoms with E-state index in [2.05, 4.69) is 18.8 Å². The van der Waals surface area contributed by atoms with Crippen molar-refractivity contribution in [1.82, 2.24) is 9.88 Å². The molecule has 1 rings (SSSR count). The number of thioether (sulfide) groups is 1. The molecular formula is C14H22N2O3S2. The van der Waals surface area contributed by atoms with Crippen LogP contribution in [0.4, 0.5) is 0 Å². The number of amides is 1. The largest absolute Gasteiger partial charge is 0.481 e. The van der Waals surface area contributed by atoms with Gasteiger partial charge in [-0.3, -0.25) is 9.59 Å². The lowest BCUT2D eigenvalue weighted by Crippen LogP contribution is -2.33. The number of carboxylic acids is 1. The lowest BCUT2D eigenvalue weighted by molar-refractivity contribution is -0.136. The van der Waals surface area contributed by atoms with Crippen LogP contribution in [0.5, 0.6) is 0 Å². The van der Waals surface area contributed by atoms with E-state index >= 15 is 0 Å². The Morgan fingerprint density at radius 1 is 1.29 bits per heavy atom. The molecule has 118 valence electrons. The lowest BCUT2D eigenvalue weighted by Gasteiger charge is -2.20. The van der Waals surface area contributed by atoms with E-state index in [1.165, 1.54) is 23.1 Å². The Labute approximate surface area is 133 Å². The van der Waals surface area contributed by atoms with Crippen LogP contribution in [0.1, 0.15) is 37.3 Å². The number of thiazole rings is 1. The van der Waals surface area contributed by atoms with Gasteiger partial charge < -0.3 is 10.0 Å². The molecule has 1 heterocycles. The van der Waals surface area contributed by atoms with E-state index in [4.69, 9.17) is 5.11 Å². The molecule has 0 saturated carbocycles. The zero-order chi connectivity index (χ0) is 15.8. The van der Waals surface area contributed by atoms with Crippen LogP contribution in [-0.2, 0) is 16.0 Å². The highest BCUT2D eigenvalue weighted by Gasteiger charge is 2.15. The summed E-state index contributed by atoms with van der Waals surface area (Å²) < 4.78 is 0.769. The van der Waals surface area contributed by atoms with Crippen LogP contribution in [0.15, 0.2) is 4.34 Å². The van der Waals surface area contributed by atoms with E-state index in [1.54, 1.807) is 6.92 Å². The van der Waals surface area contributed by atoms with Crippen molar-refractivity contribution in [2.45, 2.75) is 44.4 Å². The van der Waals surface area contributed by atoms with Crippen molar-refractivity contribution in [2.24, 2.45) is 0 Å². The van der Waals surface area contributed by atoms with Gasteiger partial charge in [0.05, 0.1) is 17.9 Å². The zero-order valence-electron chi connectivity index (χ0n) is 12.7. The maximum atomic E-state index is 12.2. The molecule has 0 radical (unpaired) electrons. The van der Waals surface area contributed by atoms with E-state index in [0.29, 0.717) is 5.75 Å². The van der Waals surface area contributed by atoms with Crippen LogP contribution >= 0.6 is 23.1 Å². The first-order valence-electron chi connectivity index (χ1n) is 7.06. The molecule has 0 aliphatic heterocycles. The van der Waals surface area contributed by atoms with Crippen molar-refractivity contribution in [2.75, 3.05) is 18.8 Å². The van der Waals surface area contributed by atoms with E-state index in [9.17, 15) is 9.59 Å². The average Bonchev–Trinajstić information content (AvgIpc) is 2.75. The number of aryl methyl sites for hydroxylation is 1. The molecule has 7 heteroatoms. The third kappa shape index (κ3) is 6.05. The third-order valence-electron chi connectivity index (χ3n) is 2.84. The Morgan fingerprint density at radius 2 is 1.90 bits per heavy atom. The van der Waals surface area contributed by atoms with Gasteiger partial charge in [0.2, 0.25) is 5.91 Å². The molecule has 1 aromatic heterocycles. The summed E-state index contributed by atoms with van der Waals surface area (Å²) in [5, 5.41) is 8.82. The predicted molar refractivity (Wildman–Crippen MR) is 86.1 cm³/mol. The highest BCUT2D eigenvalue weighted by Crippen LogP contribution is 2.27. The summed E-state index contributed by atoms with van der Waals surface area (Å²) in [7, 11) is 0. The molecular weight excluding hydrogens is 308 g/mol. The maximum Gasteiger partial charge on any atom is 0.308 e. The van der Waals surface area contributed by atoms with Crippen molar-refractivity contribution in [3.63, 3.8) is 0 Å². The molecule has 0 unspecified atom stereocenters. The number of carboxylic acid groups (broad SMARTS) is 1. The van der Waals surface area contributed by atoms with Gasteiger partial charge >= 0.3 is 5.97 Å². The fraction of sp³-hybridized carbons (Fsp3) is 0.643. The first kappa shape index (κ1) is 18.0. The first-order chi connectivity index (χ1) is 9.97. The van der Waals surface area contributed by atoms with Gasteiger partial charge in [0.15, 0.2) is 4.34 Å². The Bertz CT molecular complexity index is 483. The van der Waals surface area contributed by atoms with E-state index in [1.807, 2.05) is 4.90 Å². The molecule has 0 aromatic carbocycles. The molecule has 1 aromatic rings. The molecule has 5 nitrogen and oxygen atoms in total. The Morgan fingerprint density at radius 3 is 2.43 bits per heavy atom. The molecule has 0 aliphatic carbocycles. The number of carbonyl (C=O) groups is 2. The predicted octanol–water partition coefficient (Wildman–Crippen LogP) is 2.82. The number of nitrogens with zero attached hydrogens (tertiary/aromatic N) is 2. The van der Waals surface area contributed by atoms with Crippen LogP contribution < -0.4 is 0 Å². The molecule has 0 spiro atoms. The van der Waals surface area contributed by atoms with Gasteiger partial charge in [0.1, 0.15) is 0 Å². The Hall–Kier alpha value is -1.08. The van der Waals surface area contributed by atoms with Crippen LogP contribution in [-0.4, -0.2) is 45.7 Å². The maximum absolute atomic E-state index is 12.2. The molecule has 0 atom stereocenters. The summed E-state index contributed by atoms with van der Waals surface area (Å²) in [4.78, 5) is 29.9. The van der Waals surface area contributed by atoms with E-state index in [-0.39, 0.29) is 12.3 Å². The number of hydrogen-bond donors (Lipinski definition) is 1. The van der Waals surface area contributed by atoms with Crippen LogP contribution in [0.3, 0.4) is 0 Å². The number of aliphatic carboxylic acids is 1. The standard InChI is InChI=1S/C14H22N2O3S2/c1-4-6-16(7-5-2)12(17)9-20-14-15-10(3)11(21-14)8-13(18)19/h4-9H2,1-3H3,(H,18,19). The van der Waals surface area contributed by atoms with E-state index < -0.39 is 5.97 Å². The summed E-state index contributed by atoms with van der Waals surface area (Å²) in [5.41, 5.74) is 0.747. The smallest absolute Gasteiger partial charge is 0.308 e. The van der Waals surface area contributed by atoms with Gasteiger partial charge in [0.25, 0.3) is 0 Å². The second-order valence-electron chi connectivity index (χ2n) is 4.73. The summed E-state index contributed by atoms with van der Waals surface area (Å²) in [5.74, 6) is -0.373. The number of hydrogen-bond acceptors (Lipinski definition) is 5. The summed E-state index contributed by atoms with van der Waals surface area (Å²) >= 11 is 2.76. The number of rotatable bonds is 9. The van der Waals surface area contributed by atoms with Gasteiger partial charge in [-0.15, -0.1) is 11.3 Å². The molecule has 1 amide bonds. The van der Waals surface area contributed by atoms with Crippen LogP contribution in [0.2, 0.25) is 0 Å². The minimum absolute atomic E-state index is 0.00417. The highest BCUT2D eigenvalue weighted by molar-refractivity contribution is 8.01. The van der Waals surface area contributed by atoms with E-state index in [0.717, 1.165) is 40.8 Å². The molecule has 1 N–H and O–H groups in total. The van der Waals surface area contributed by atoms with Gasteiger partial charge in [-0.05, 0) is 19.8 Å². The number of carbonyl (C=O) groups excluding carboxylic acids is 1. The molecule has 0 fully saturated rings. The number of aromatic nitrogens is 1. The molecule has 0 bridgehead atoms. The van der Waals surface area contributed by atoms with Crippen molar-refractivity contribution in [3.05, 3.63) is 10.6 Å². The minimum atomic E-state index is -0.855. The van der Waals surface area contributed by atoms with Gasteiger partial charge in [-0.25, -0.2) is 4.98 Å². The SMILES string of the molecule is CCCN(CCC)C(=O)CSc1nc(C)c(CC(=O)O)s1. The fourth-order valence-electron chi connectivity index (χ4n) is 1.88. The minimum Gasteiger partial charge on any atom is -0.481 e. The van der Waals surface area contributed by atoms with Crippen LogP contribution in [0, 0.1) is 6.92 Å². The second-order valence-corrected chi connectivity index (χ2v) is 7.03. The lowest BCUT2D eigenvalue weighted by atomic mass is 10.3. The highest BCUT2D eigenvalue weighted by atomic mass is 32.2. The van der Waals surface area contributed by atoms with Crippen molar-refractivity contribution >= 4 is 35.0 Å². The monoisotopic (exact) mass is 330 g/mol. The Balaban J connectivity index is 2.57. The molecule has 0 aliphatic rings. The fourth-order valence-corrected chi connectivity index (χ4v) is 4.01. The normalized spacial score (nSPS) is 10.6.